The lowest BCUT2D eigenvalue weighted by Gasteiger charge is -2.26. The number of carbonyl (C=O) groups excluding carboxylic acids is 3. The molecule has 0 unspecified atom stereocenters. The molecule has 1 aromatic carbocycles. The van der Waals surface area contributed by atoms with Crippen LogP contribution in [0.5, 0.6) is 11.5 Å². The van der Waals surface area contributed by atoms with Crippen LogP contribution in [-0.2, 0) is 9.59 Å². The van der Waals surface area contributed by atoms with Crippen LogP contribution in [0.1, 0.15) is 38.2 Å². The average Bonchev–Trinajstić information content (AvgIpc) is 2.59. The van der Waals surface area contributed by atoms with Gasteiger partial charge in [-0.15, -0.1) is 0 Å². The van der Waals surface area contributed by atoms with E-state index in [1.165, 1.54) is 25.3 Å². The van der Waals surface area contributed by atoms with Crippen LogP contribution in [0.4, 0.5) is 4.79 Å². The number of hydrogen-bond donors (Lipinski definition) is 2. The Morgan fingerprint density at radius 2 is 1.96 bits per heavy atom. The van der Waals surface area contributed by atoms with Gasteiger partial charge >= 0.3 is 6.03 Å². The summed E-state index contributed by atoms with van der Waals surface area (Å²) in [4.78, 5) is 37.5. The molecule has 134 valence electrons. The summed E-state index contributed by atoms with van der Waals surface area (Å²) in [5.74, 6) is -1.16. The topological polar surface area (TPSA) is 95.9 Å². The van der Waals surface area contributed by atoms with Crippen LogP contribution < -0.4 is 10.1 Å². The van der Waals surface area contributed by atoms with Gasteiger partial charge in [-0.3, -0.25) is 19.8 Å². The van der Waals surface area contributed by atoms with Gasteiger partial charge in [0.1, 0.15) is 5.57 Å². The molecule has 1 fully saturated rings. The molecule has 0 aliphatic carbocycles. The summed E-state index contributed by atoms with van der Waals surface area (Å²) in [6, 6.07) is 3.77. The normalized spacial score (nSPS) is 16.3. The van der Waals surface area contributed by atoms with E-state index in [1.807, 2.05) is 0 Å². The van der Waals surface area contributed by atoms with Gasteiger partial charge in [0.15, 0.2) is 11.5 Å². The van der Waals surface area contributed by atoms with Crippen LogP contribution in [0, 0.1) is 0 Å². The minimum atomic E-state index is -0.730. The summed E-state index contributed by atoms with van der Waals surface area (Å²) in [7, 11) is 1.40. The van der Waals surface area contributed by atoms with E-state index < -0.39 is 17.8 Å². The number of nitrogens with zero attached hydrogens (tertiary/aromatic N) is 1. The number of phenolic OH excluding ortho intramolecular Hbond substituents is 1. The molecule has 1 aliphatic rings. The minimum absolute atomic E-state index is 0.0446. The molecule has 0 bridgehead atoms. The third kappa shape index (κ3) is 4.37. The molecule has 0 aromatic heterocycles. The van der Waals surface area contributed by atoms with Crippen LogP contribution >= 0.6 is 0 Å². The highest BCUT2D eigenvalue weighted by atomic mass is 16.5. The van der Waals surface area contributed by atoms with Gasteiger partial charge in [-0.05, 0) is 30.2 Å². The zero-order valence-corrected chi connectivity index (χ0v) is 14.4. The van der Waals surface area contributed by atoms with Crippen molar-refractivity contribution in [2.45, 2.75) is 32.6 Å². The SMILES string of the molecule is CCCCCCN1C(=O)NC(=O)C(=Cc2ccc(O)c(OC)c2)C1=O. The van der Waals surface area contributed by atoms with Crippen molar-refractivity contribution in [3.63, 3.8) is 0 Å². The summed E-state index contributed by atoms with van der Waals surface area (Å²) >= 11 is 0. The van der Waals surface area contributed by atoms with Gasteiger partial charge in [0, 0.05) is 6.54 Å². The van der Waals surface area contributed by atoms with Gasteiger partial charge in [-0.25, -0.2) is 4.79 Å². The fourth-order valence-electron chi connectivity index (χ4n) is 2.54. The van der Waals surface area contributed by atoms with E-state index in [0.717, 1.165) is 24.2 Å². The number of benzene rings is 1. The van der Waals surface area contributed by atoms with Crippen LogP contribution in [0.15, 0.2) is 23.8 Å². The van der Waals surface area contributed by atoms with Crippen molar-refractivity contribution in [2.24, 2.45) is 0 Å². The summed E-state index contributed by atoms with van der Waals surface area (Å²) in [6.45, 7) is 2.35. The van der Waals surface area contributed by atoms with Gasteiger partial charge in [0.05, 0.1) is 7.11 Å². The van der Waals surface area contributed by atoms with E-state index >= 15 is 0 Å². The van der Waals surface area contributed by atoms with Crippen molar-refractivity contribution in [1.82, 2.24) is 10.2 Å². The zero-order valence-electron chi connectivity index (χ0n) is 14.4. The molecule has 0 spiro atoms. The van der Waals surface area contributed by atoms with Crippen LogP contribution in [0.25, 0.3) is 6.08 Å². The van der Waals surface area contributed by atoms with Gasteiger partial charge in [-0.2, -0.15) is 0 Å². The molecular formula is C18H22N2O5. The highest BCUT2D eigenvalue weighted by Crippen LogP contribution is 2.27. The van der Waals surface area contributed by atoms with E-state index in [9.17, 15) is 19.5 Å². The number of urea groups is 1. The first-order chi connectivity index (χ1) is 12.0. The molecule has 2 rings (SSSR count). The van der Waals surface area contributed by atoms with E-state index in [4.69, 9.17) is 4.74 Å². The molecule has 2 N–H and O–H groups in total. The maximum atomic E-state index is 12.5. The molecule has 0 atom stereocenters. The molecule has 25 heavy (non-hydrogen) atoms. The van der Waals surface area contributed by atoms with Gasteiger partial charge in [0.25, 0.3) is 11.8 Å². The largest absolute Gasteiger partial charge is 0.504 e. The van der Waals surface area contributed by atoms with Crippen molar-refractivity contribution in [1.29, 1.82) is 0 Å². The summed E-state index contributed by atoms with van der Waals surface area (Å²) in [6.07, 6.45) is 5.06. The molecule has 1 saturated heterocycles. The number of barbiturate groups is 1. The number of unbranched alkanes of at least 4 members (excludes halogenated alkanes) is 3. The van der Waals surface area contributed by atoms with Crippen molar-refractivity contribution >= 4 is 23.9 Å². The standard InChI is InChI=1S/C18H22N2O5/c1-3-4-5-6-9-20-17(23)13(16(22)19-18(20)24)10-12-7-8-14(21)15(11-12)25-2/h7-8,10-11,21H,3-6,9H2,1-2H3,(H,19,22,24). The molecule has 7 heteroatoms. The number of amides is 4. The maximum Gasteiger partial charge on any atom is 0.331 e. The Balaban J connectivity index is 2.22. The van der Waals surface area contributed by atoms with Crippen molar-refractivity contribution in [3.05, 3.63) is 29.3 Å². The Bertz CT molecular complexity index is 711. The number of aromatic hydroxyl groups is 1. The predicted octanol–water partition coefficient (Wildman–Crippen LogP) is 2.44. The first-order valence-corrected chi connectivity index (χ1v) is 8.23. The lowest BCUT2D eigenvalue weighted by Crippen LogP contribution is -2.54. The minimum Gasteiger partial charge on any atom is -0.504 e. The number of ether oxygens (including phenoxy) is 1. The second-order valence-corrected chi connectivity index (χ2v) is 5.77. The lowest BCUT2D eigenvalue weighted by molar-refractivity contribution is -0.130. The number of rotatable bonds is 7. The molecule has 1 aromatic rings. The van der Waals surface area contributed by atoms with E-state index in [1.54, 1.807) is 6.07 Å². The molecule has 1 aliphatic heterocycles. The molecule has 0 saturated carbocycles. The highest BCUT2D eigenvalue weighted by Gasteiger charge is 2.35. The monoisotopic (exact) mass is 346 g/mol. The number of hydrogen-bond acceptors (Lipinski definition) is 5. The fourth-order valence-corrected chi connectivity index (χ4v) is 2.54. The summed E-state index contributed by atoms with van der Waals surface area (Å²) in [5, 5.41) is 11.8. The predicted molar refractivity (Wildman–Crippen MR) is 92.0 cm³/mol. The van der Waals surface area contributed by atoms with Crippen molar-refractivity contribution in [2.75, 3.05) is 13.7 Å². The van der Waals surface area contributed by atoms with E-state index in [0.29, 0.717) is 12.0 Å². The second-order valence-electron chi connectivity index (χ2n) is 5.77. The van der Waals surface area contributed by atoms with Crippen LogP contribution in [-0.4, -0.2) is 41.5 Å². The van der Waals surface area contributed by atoms with Gasteiger partial charge in [0.2, 0.25) is 0 Å². The highest BCUT2D eigenvalue weighted by molar-refractivity contribution is 6.31. The molecular weight excluding hydrogens is 324 g/mol. The molecule has 1 heterocycles. The van der Waals surface area contributed by atoms with Crippen molar-refractivity contribution < 1.29 is 24.2 Å². The molecule has 7 nitrogen and oxygen atoms in total. The Morgan fingerprint density at radius 1 is 1.20 bits per heavy atom. The average molecular weight is 346 g/mol. The lowest BCUT2D eigenvalue weighted by atomic mass is 10.1. The van der Waals surface area contributed by atoms with E-state index in [2.05, 4.69) is 12.2 Å². The first kappa shape index (κ1) is 18.5. The Morgan fingerprint density at radius 3 is 2.64 bits per heavy atom. The Hall–Kier alpha value is -2.83. The van der Waals surface area contributed by atoms with Gasteiger partial charge < -0.3 is 9.84 Å². The van der Waals surface area contributed by atoms with E-state index in [-0.39, 0.29) is 23.6 Å². The number of imide groups is 2. The Kier molecular flexibility index (Phi) is 6.16. The number of phenols is 1. The third-order valence-electron chi connectivity index (χ3n) is 3.94. The fraction of sp³-hybridized carbons (Fsp3) is 0.389. The van der Waals surface area contributed by atoms with Crippen molar-refractivity contribution in [3.8, 4) is 11.5 Å². The first-order valence-electron chi connectivity index (χ1n) is 8.23. The molecule has 0 radical (unpaired) electrons. The number of carbonyl (C=O) groups is 3. The quantitative estimate of drug-likeness (QED) is 0.449. The second kappa shape index (κ2) is 8.32. The zero-order chi connectivity index (χ0) is 18.4. The van der Waals surface area contributed by atoms with Gasteiger partial charge in [-0.1, -0.05) is 32.3 Å². The number of methoxy groups -OCH3 is 1. The summed E-state index contributed by atoms with van der Waals surface area (Å²) < 4.78 is 5.01. The Labute approximate surface area is 146 Å². The summed E-state index contributed by atoms with van der Waals surface area (Å²) in [5.41, 5.74) is 0.385. The van der Waals surface area contributed by atoms with Crippen LogP contribution in [0.2, 0.25) is 0 Å². The smallest absolute Gasteiger partial charge is 0.331 e. The maximum absolute atomic E-state index is 12.5. The van der Waals surface area contributed by atoms with Crippen LogP contribution in [0.3, 0.4) is 0 Å². The molecule has 4 amide bonds. The third-order valence-corrected chi connectivity index (χ3v) is 3.94. The number of nitrogens with one attached hydrogen (secondary N) is 1.